The molecule has 1 aromatic carbocycles. The highest BCUT2D eigenvalue weighted by Gasteiger charge is 2.13. The van der Waals surface area contributed by atoms with E-state index < -0.39 is 11.6 Å². The number of nitrogens with two attached hydrogens (primary N) is 1. The van der Waals surface area contributed by atoms with Crippen LogP contribution in [0.4, 0.5) is 14.6 Å². The number of nitrogens with zero attached hydrogens (tertiary/aromatic N) is 2. The van der Waals surface area contributed by atoms with Gasteiger partial charge in [-0.05, 0) is 12.1 Å². The van der Waals surface area contributed by atoms with Gasteiger partial charge >= 0.3 is 0 Å². The molecule has 6 heteroatoms. The van der Waals surface area contributed by atoms with Gasteiger partial charge in [0.25, 0.3) is 0 Å². The molecule has 0 radical (unpaired) electrons. The van der Waals surface area contributed by atoms with Gasteiger partial charge in [0.1, 0.15) is 17.5 Å². The van der Waals surface area contributed by atoms with Gasteiger partial charge in [-0.1, -0.05) is 24.3 Å². The van der Waals surface area contributed by atoms with Crippen LogP contribution in [0.5, 0.6) is 0 Å². The number of hydrogen-bond acceptors (Lipinski definition) is 3. The van der Waals surface area contributed by atoms with Crippen molar-refractivity contribution in [1.29, 1.82) is 0 Å². The fourth-order valence-corrected chi connectivity index (χ4v) is 1.54. The van der Waals surface area contributed by atoms with Crippen LogP contribution < -0.4 is 5.73 Å². The molecule has 2 aromatic rings. The van der Waals surface area contributed by atoms with E-state index in [1.807, 2.05) is 0 Å². The predicted octanol–water partition coefficient (Wildman–Crippen LogP) is 3.30. The van der Waals surface area contributed by atoms with Crippen molar-refractivity contribution >= 4 is 23.5 Å². The maximum absolute atomic E-state index is 13.6. The minimum absolute atomic E-state index is 0.00818. The minimum atomic E-state index is -0.747. The number of hydrogen-bond donors (Lipinski definition) is 1. The molecular weight excluding hydrogens is 260 g/mol. The normalized spacial score (nSPS) is 10.4. The largest absolute Gasteiger partial charge is 0.383 e. The van der Waals surface area contributed by atoms with E-state index in [0.29, 0.717) is 5.56 Å². The molecule has 1 aromatic heterocycles. The molecule has 0 aliphatic heterocycles. The van der Waals surface area contributed by atoms with E-state index in [9.17, 15) is 8.78 Å². The van der Waals surface area contributed by atoms with E-state index >= 15 is 0 Å². The summed E-state index contributed by atoms with van der Waals surface area (Å²) >= 11 is 5.46. The van der Waals surface area contributed by atoms with Crippen molar-refractivity contribution in [2.24, 2.45) is 0 Å². The van der Waals surface area contributed by atoms with Gasteiger partial charge in [0.05, 0.1) is 10.6 Å². The Labute approximate surface area is 107 Å². The van der Waals surface area contributed by atoms with E-state index in [2.05, 4.69) is 16.5 Å². The number of benzene rings is 1. The molecule has 1 heterocycles. The highest BCUT2D eigenvalue weighted by molar-refractivity contribution is 6.30. The first-order chi connectivity index (χ1) is 8.52. The van der Waals surface area contributed by atoms with E-state index in [-0.39, 0.29) is 22.2 Å². The van der Waals surface area contributed by atoms with Gasteiger partial charge in [0.15, 0.2) is 5.82 Å². The molecule has 0 bridgehead atoms. The molecule has 0 atom stereocenters. The summed E-state index contributed by atoms with van der Waals surface area (Å²) in [5.41, 5.74) is 6.05. The molecular formula is C12H8ClF2N3. The third-order valence-electron chi connectivity index (χ3n) is 2.32. The van der Waals surface area contributed by atoms with E-state index in [0.717, 1.165) is 12.1 Å². The van der Waals surface area contributed by atoms with Gasteiger partial charge in [0, 0.05) is 11.8 Å². The van der Waals surface area contributed by atoms with Crippen LogP contribution in [-0.2, 0) is 0 Å². The van der Waals surface area contributed by atoms with Crippen LogP contribution in [0.15, 0.2) is 24.9 Å². The number of aromatic nitrogens is 2. The summed E-state index contributed by atoms with van der Waals surface area (Å²) in [7, 11) is 0. The molecule has 0 spiro atoms. The Balaban J connectivity index is 2.58. The van der Waals surface area contributed by atoms with Gasteiger partial charge in [-0.2, -0.15) is 0 Å². The Bertz CT molecular complexity index is 629. The molecule has 18 heavy (non-hydrogen) atoms. The SMILES string of the molecule is C=Cc1cnc(-c2cc(F)c(Cl)cc2F)nc1N. The average Bonchev–Trinajstić information content (AvgIpc) is 2.33. The Morgan fingerprint density at radius 2 is 2.00 bits per heavy atom. The summed E-state index contributed by atoms with van der Waals surface area (Å²) in [6.07, 6.45) is 2.86. The molecule has 2 N–H and O–H groups in total. The fourth-order valence-electron chi connectivity index (χ4n) is 1.39. The third-order valence-corrected chi connectivity index (χ3v) is 2.61. The lowest BCUT2D eigenvalue weighted by atomic mass is 10.2. The van der Waals surface area contributed by atoms with Crippen molar-refractivity contribution in [2.45, 2.75) is 0 Å². The van der Waals surface area contributed by atoms with Crippen molar-refractivity contribution in [3.8, 4) is 11.4 Å². The van der Waals surface area contributed by atoms with Crippen LogP contribution in [0, 0.1) is 11.6 Å². The van der Waals surface area contributed by atoms with Gasteiger partial charge in [0.2, 0.25) is 0 Å². The van der Waals surface area contributed by atoms with Crippen LogP contribution >= 0.6 is 11.6 Å². The zero-order chi connectivity index (χ0) is 13.3. The fraction of sp³-hybridized carbons (Fsp3) is 0. The zero-order valence-electron chi connectivity index (χ0n) is 9.12. The van der Waals surface area contributed by atoms with E-state index in [1.165, 1.54) is 12.3 Å². The lowest BCUT2D eigenvalue weighted by Gasteiger charge is -2.05. The maximum Gasteiger partial charge on any atom is 0.164 e. The summed E-state index contributed by atoms with van der Waals surface area (Å²) in [5, 5.41) is -0.299. The summed E-state index contributed by atoms with van der Waals surface area (Å²) < 4.78 is 26.9. The Hall–Kier alpha value is -2.01. The van der Waals surface area contributed by atoms with Crippen LogP contribution in [0.2, 0.25) is 5.02 Å². The second-order valence-electron chi connectivity index (χ2n) is 3.48. The number of nitrogen functional groups attached to an aromatic ring is 1. The Kier molecular flexibility index (Phi) is 3.25. The maximum atomic E-state index is 13.6. The standard InChI is InChI=1S/C12H8ClF2N3/c1-2-6-5-17-12(18-11(6)16)7-3-10(15)8(13)4-9(7)14/h2-5H,1H2,(H2,16,17,18). The Morgan fingerprint density at radius 1 is 1.28 bits per heavy atom. The van der Waals surface area contributed by atoms with Gasteiger partial charge in [-0.3, -0.25) is 0 Å². The average molecular weight is 268 g/mol. The van der Waals surface area contributed by atoms with Gasteiger partial charge < -0.3 is 5.73 Å². The van der Waals surface area contributed by atoms with Crippen LogP contribution in [-0.4, -0.2) is 9.97 Å². The monoisotopic (exact) mass is 267 g/mol. The Morgan fingerprint density at radius 3 is 2.61 bits per heavy atom. The highest BCUT2D eigenvalue weighted by Crippen LogP contribution is 2.26. The minimum Gasteiger partial charge on any atom is -0.383 e. The quantitative estimate of drug-likeness (QED) is 0.850. The first-order valence-electron chi connectivity index (χ1n) is 4.92. The predicted molar refractivity (Wildman–Crippen MR) is 66.9 cm³/mol. The molecule has 0 aliphatic rings. The molecule has 0 unspecified atom stereocenters. The first kappa shape index (κ1) is 12.4. The molecule has 0 saturated heterocycles. The van der Waals surface area contributed by atoms with Crippen molar-refractivity contribution in [2.75, 3.05) is 5.73 Å². The third kappa shape index (κ3) is 2.17. The number of rotatable bonds is 2. The summed E-state index contributed by atoms with van der Waals surface area (Å²) in [6, 6.07) is 1.80. The molecule has 0 amide bonds. The summed E-state index contributed by atoms with van der Waals surface area (Å²) in [4.78, 5) is 7.79. The first-order valence-corrected chi connectivity index (χ1v) is 5.30. The molecule has 3 nitrogen and oxygen atoms in total. The zero-order valence-corrected chi connectivity index (χ0v) is 9.88. The molecule has 92 valence electrons. The van der Waals surface area contributed by atoms with Crippen LogP contribution in [0.3, 0.4) is 0 Å². The van der Waals surface area contributed by atoms with Crippen LogP contribution in [0.25, 0.3) is 17.5 Å². The topological polar surface area (TPSA) is 51.8 Å². The summed E-state index contributed by atoms with van der Waals surface area (Å²) in [5.74, 6) is -1.33. The van der Waals surface area contributed by atoms with E-state index in [4.69, 9.17) is 17.3 Å². The molecule has 0 saturated carbocycles. The van der Waals surface area contributed by atoms with Gasteiger partial charge in [-0.15, -0.1) is 0 Å². The summed E-state index contributed by atoms with van der Waals surface area (Å²) in [6.45, 7) is 3.53. The molecule has 0 aliphatic carbocycles. The number of halogens is 3. The van der Waals surface area contributed by atoms with Crippen molar-refractivity contribution in [1.82, 2.24) is 9.97 Å². The molecule has 0 fully saturated rings. The lowest BCUT2D eigenvalue weighted by molar-refractivity contribution is 0.602. The molecule has 2 rings (SSSR count). The lowest BCUT2D eigenvalue weighted by Crippen LogP contribution is -2.00. The van der Waals surface area contributed by atoms with Crippen LogP contribution in [0.1, 0.15) is 5.56 Å². The van der Waals surface area contributed by atoms with Gasteiger partial charge in [-0.25, -0.2) is 18.7 Å². The second kappa shape index (κ2) is 4.70. The smallest absolute Gasteiger partial charge is 0.164 e. The van der Waals surface area contributed by atoms with Crippen molar-refractivity contribution in [3.63, 3.8) is 0 Å². The van der Waals surface area contributed by atoms with E-state index in [1.54, 1.807) is 0 Å². The second-order valence-corrected chi connectivity index (χ2v) is 3.89. The number of anilines is 1. The highest BCUT2D eigenvalue weighted by atomic mass is 35.5. The van der Waals surface area contributed by atoms with Crippen molar-refractivity contribution in [3.05, 3.63) is 47.1 Å². The van der Waals surface area contributed by atoms with Crippen molar-refractivity contribution < 1.29 is 8.78 Å².